The summed E-state index contributed by atoms with van der Waals surface area (Å²) in [6, 6.07) is 22.3. The summed E-state index contributed by atoms with van der Waals surface area (Å²) in [6.07, 6.45) is 62.7. The van der Waals surface area contributed by atoms with Gasteiger partial charge in [0.1, 0.15) is 33.5 Å². The van der Waals surface area contributed by atoms with Crippen LogP contribution in [-0.4, -0.2) is 27.5 Å². The first-order chi connectivity index (χ1) is 52.7. The number of fused-ring (bicyclic) bond motifs is 7. The van der Waals surface area contributed by atoms with E-state index in [1.54, 1.807) is 9.75 Å². The number of rotatable bonds is 53. The van der Waals surface area contributed by atoms with Crippen LogP contribution in [0.2, 0.25) is 0 Å². The molecule has 0 N–H and O–H groups in total. The van der Waals surface area contributed by atoms with Gasteiger partial charge in [-0.3, -0.25) is 9.97 Å². The third-order valence-electron chi connectivity index (χ3n) is 24.3. The minimum atomic E-state index is -0.137. The molecule has 1 aliphatic carbocycles. The molecule has 12 rings (SSSR count). The molecule has 0 amide bonds. The average Bonchev–Trinajstić information content (AvgIpc) is 1.54. The number of thiophene rings is 6. The van der Waals surface area contributed by atoms with Crippen molar-refractivity contribution in [1.82, 2.24) is 27.5 Å². The Morgan fingerprint density at radius 1 is 0.355 bits per heavy atom. The Balaban J connectivity index is 0.928. The van der Waals surface area contributed by atoms with Crippen molar-refractivity contribution >= 4 is 134 Å². The van der Waals surface area contributed by atoms with E-state index >= 15 is 0 Å². The smallest absolute Gasteiger partial charge is 0.132 e. The maximum absolute atomic E-state index is 5.68. The molecule has 0 spiro atoms. The number of hydrogen-bond acceptors (Lipinski definition) is 14. The Morgan fingerprint density at radius 2 is 0.794 bits per heavy atom. The van der Waals surface area contributed by atoms with Crippen molar-refractivity contribution in [2.45, 2.75) is 343 Å². The third kappa shape index (κ3) is 20.8. The Labute approximate surface area is 677 Å². The second-order valence-corrected chi connectivity index (χ2v) is 39.8. The van der Waals surface area contributed by atoms with Gasteiger partial charge in [-0.15, -0.1) is 68.0 Å². The highest BCUT2D eigenvalue weighted by Gasteiger charge is 2.48. The van der Waals surface area contributed by atoms with E-state index in [0.717, 1.165) is 63.7 Å². The number of aromatic nitrogens is 6. The molecule has 10 aromatic heterocycles. The second-order valence-electron chi connectivity index (χ2n) is 32.4. The van der Waals surface area contributed by atoms with E-state index in [4.69, 9.17) is 23.1 Å². The molecule has 14 heteroatoms. The van der Waals surface area contributed by atoms with E-state index in [-0.39, 0.29) is 5.41 Å². The number of benzene rings is 1. The van der Waals surface area contributed by atoms with Gasteiger partial charge in [0, 0.05) is 88.8 Å². The lowest BCUT2D eigenvalue weighted by Gasteiger charge is -2.37. The van der Waals surface area contributed by atoms with Gasteiger partial charge in [0.25, 0.3) is 0 Å². The van der Waals surface area contributed by atoms with Crippen molar-refractivity contribution < 1.29 is 0 Å². The zero-order valence-corrected chi connectivity index (χ0v) is 73.3. The average molecular weight is 1590 g/mol. The van der Waals surface area contributed by atoms with Gasteiger partial charge in [0.05, 0.1) is 33.2 Å². The molecule has 0 saturated carbocycles. The fourth-order valence-electron chi connectivity index (χ4n) is 18.0. The third-order valence-corrected chi connectivity index (χ3v) is 32.2. The van der Waals surface area contributed by atoms with Crippen LogP contribution in [0.15, 0.2) is 72.4 Å². The highest BCUT2D eigenvalue weighted by molar-refractivity contribution is 7.26. The summed E-state index contributed by atoms with van der Waals surface area (Å²) in [7, 11) is 0. The Kier molecular flexibility index (Phi) is 32.8. The van der Waals surface area contributed by atoms with Crippen LogP contribution < -0.4 is 0 Å². The van der Waals surface area contributed by atoms with E-state index in [1.165, 1.54) is 370 Å². The predicted molar refractivity (Wildman–Crippen MR) is 480 cm³/mol. The Morgan fingerprint density at radius 3 is 1.29 bits per heavy atom. The van der Waals surface area contributed by atoms with Crippen molar-refractivity contribution in [3.63, 3.8) is 0 Å². The normalized spacial score (nSPS) is 15.0. The molecule has 11 aromatic rings. The van der Waals surface area contributed by atoms with Gasteiger partial charge >= 0.3 is 0 Å². The van der Waals surface area contributed by atoms with Crippen molar-refractivity contribution in [3.8, 4) is 62.2 Å². The van der Waals surface area contributed by atoms with Crippen LogP contribution in [0.5, 0.6) is 0 Å². The maximum Gasteiger partial charge on any atom is 0.132 e. The van der Waals surface area contributed by atoms with E-state index in [1.807, 2.05) is 57.6 Å². The molecule has 6 nitrogen and oxygen atoms in total. The summed E-state index contributed by atoms with van der Waals surface area (Å²) >= 11 is 14.6. The molecule has 0 radical (unpaired) electrons. The van der Waals surface area contributed by atoms with Crippen LogP contribution >= 0.6 is 91.5 Å². The van der Waals surface area contributed by atoms with Crippen molar-refractivity contribution in [3.05, 3.63) is 93.3 Å². The van der Waals surface area contributed by atoms with Gasteiger partial charge in [-0.1, -0.05) is 312 Å². The van der Waals surface area contributed by atoms with Crippen molar-refractivity contribution in [1.29, 1.82) is 0 Å². The number of pyridine rings is 2. The predicted octanol–water partition coefficient (Wildman–Crippen LogP) is 33.9. The van der Waals surface area contributed by atoms with Crippen molar-refractivity contribution in [2.75, 3.05) is 0 Å². The zero-order chi connectivity index (χ0) is 74.2. The molecule has 10 heterocycles. The lowest BCUT2D eigenvalue weighted by Crippen LogP contribution is -2.31. The van der Waals surface area contributed by atoms with Gasteiger partial charge in [0.15, 0.2) is 0 Å². The summed E-state index contributed by atoms with van der Waals surface area (Å²) in [4.78, 5) is 23.2. The van der Waals surface area contributed by atoms with E-state index in [2.05, 4.69) is 143 Å². The Hall–Kier alpha value is -4.12. The highest BCUT2D eigenvalue weighted by atomic mass is 32.1. The van der Waals surface area contributed by atoms with Gasteiger partial charge in [-0.05, 0) is 120 Å². The summed E-state index contributed by atoms with van der Waals surface area (Å²) in [5, 5.41) is 5.17. The lowest BCUT2D eigenvalue weighted by molar-refractivity contribution is 0.266. The molecule has 0 bridgehead atoms. The molecule has 0 fully saturated rings. The minimum Gasteiger partial charge on any atom is -0.253 e. The van der Waals surface area contributed by atoms with Gasteiger partial charge in [0.2, 0.25) is 0 Å². The van der Waals surface area contributed by atoms with E-state index in [0.29, 0.717) is 11.8 Å². The molecular formula is C93H128N6S8. The minimum absolute atomic E-state index is 0.137. The zero-order valence-electron chi connectivity index (χ0n) is 66.8. The first kappa shape index (κ1) is 82.3. The molecule has 4 atom stereocenters. The molecule has 0 saturated heterocycles. The molecule has 107 heavy (non-hydrogen) atoms. The molecule has 1 aliphatic rings. The monoisotopic (exact) mass is 1580 g/mol. The van der Waals surface area contributed by atoms with E-state index in [9.17, 15) is 0 Å². The topological polar surface area (TPSA) is 77.3 Å². The fourth-order valence-corrected chi connectivity index (χ4v) is 26.5. The molecular weight excluding hydrogens is 1460 g/mol. The van der Waals surface area contributed by atoms with Crippen LogP contribution in [0.1, 0.15) is 346 Å². The summed E-state index contributed by atoms with van der Waals surface area (Å²) in [6.45, 7) is 19.0. The van der Waals surface area contributed by atoms with Crippen LogP contribution in [0.25, 0.3) is 104 Å². The fraction of sp³-hybridized carbons (Fsp3) is 0.613. The quantitative estimate of drug-likeness (QED) is 0.0354. The summed E-state index contributed by atoms with van der Waals surface area (Å²) in [5.41, 5.74) is 12.5. The SMILES string of the molecule is CCCCCCCCCCC(CCCCCCCC)Cc1ccc(-c2c3cc(-c4cnc(-c5cc6c(s5)-c5sc(-c7nccc8nsnc78)cc5C6(CC(CC)CCCC)CC(CC)CCCC)c5nsnc45)sc3c(-c3ccc(CC(CCCCCCCC)CCCCCCCCCC)s3)c3ccsc23)s1. The van der Waals surface area contributed by atoms with Crippen LogP contribution in [0.4, 0.5) is 0 Å². The molecule has 578 valence electrons. The van der Waals surface area contributed by atoms with Gasteiger partial charge in [-0.25, -0.2) is 0 Å². The second kappa shape index (κ2) is 42.7. The molecule has 0 aliphatic heterocycles. The maximum atomic E-state index is 5.68. The summed E-state index contributed by atoms with van der Waals surface area (Å²) < 4.78 is 23.0. The van der Waals surface area contributed by atoms with Crippen molar-refractivity contribution in [2.24, 2.45) is 23.7 Å². The van der Waals surface area contributed by atoms with Gasteiger partial charge in [-0.2, -0.15) is 17.5 Å². The van der Waals surface area contributed by atoms with E-state index < -0.39 is 0 Å². The largest absolute Gasteiger partial charge is 0.253 e. The molecule has 4 unspecified atom stereocenters. The first-order valence-corrected chi connectivity index (χ1v) is 49.8. The lowest BCUT2D eigenvalue weighted by atomic mass is 9.65. The Bertz CT molecular complexity index is 4280. The van der Waals surface area contributed by atoms with Gasteiger partial charge < -0.3 is 0 Å². The summed E-state index contributed by atoms with van der Waals surface area (Å²) in [5.74, 6) is 2.71. The van der Waals surface area contributed by atoms with Crippen LogP contribution in [-0.2, 0) is 18.3 Å². The number of nitrogens with zero attached hydrogens (tertiary/aromatic N) is 6. The first-order valence-electron chi connectivity index (χ1n) is 43.4. The number of hydrogen-bond donors (Lipinski definition) is 0. The molecule has 1 aromatic carbocycles. The highest BCUT2D eigenvalue weighted by Crippen LogP contribution is 2.64. The van der Waals surface area contributed by atoms with Crippen LogP contribution in [0, 0.1) is 23.7 Å². The van der Waals surface area contributed by atoms with Crippen LogP contribution in [0.3, 0.4) is 0 Å². The standard InChI is InChI=1S/C93H128N6S8/c1-9-17-23-27-31-33-37-41-47-67(45-39-35-29-25-19-11-3)57-69-49-51-77(101-69)82-71-54-56-100-89(71)83(78-52-50-70(102-78)58-68(46-40-36-30-26-20-12-4)48-42-38-34-32-28-24-18-10-2)72-59-79(103-90(72)82)73-64-95-87(88-84(73)97-107-99-88)81-61-75-92(105-81)91-74(60-80(104-91)86-85-76(53-55-94-86)96-106-98-85)93(75,62-65(15-7)43-21-13-5)63-66(16-8)44-22-14-6/h49-56,59-61,64-68H,9-48,57-58,62-63H2,1-8H3. The number of unbranched alkanes of at least 4 members (excludes halogenated alkanes) is 26.